The Hall–Kier alpha value is -0.850. The number of ketones is 1. The fourth-order valence-electron chi connectivity index (χ4n) is 2.12. The van der Waals surface area contributed by atoms with Crippen molar-refractivity contribution >= 4 is 27.6 Å². The molecule has 6 heteroatoms. The topological polar surface area (TPSA) is 63.2 Å². The fraction of sp³-hybridized carbons (Fsp3) is 0.500. The highest BCUT2D eigenvalue weighted by molar-refractivity contribution is 8.00. The van der Waals surface area contributed by atoms with Crippen LogP contribution in [0.25, 0.3) is 0 Å². The summed E-state index contributed by atoms with van der Waals surface area (Å²) in [7, 11) is -3.48. The minimum Gasteiger partial charge on any atom is -0.295 e. The molecule has 1 aromatic rings. The third-order valence-electron chi connectivity index (χ3n) is 3.35. The number of benzene rings is 1. The SMILES string of the molecule is CC(=O)c1ccc(S(=O)(=O)NCC2CCCCS2)cc1. The summed E-state index contributed by atoms with van der Waals surface area (Å²) < 4.78 is 27.0. The van der Waals surface area contributed by atoms with Gasteiger partial charge in [-0.15, -0.1) is 0 Å². The lowest BCUT2D eigenvalue weighted by Crippen LogP contribution is -2.32. The number of carbonyl (C=O) groups excluding carboxylic acids is 1. The molecular formula is C14H19NO3S2. The van der Waals surface area contributed by atoms with Crippen molar-refractivity contribution in [2.45, 2.75) is 36.3 Å². The molecular weight excluding hydrogens is 294 g/mol. The third-order valence-corrected chi connectivity index (χ3v) is 6.18. The molecule has 0 radical (unpaired) electrons. The molecule has 2 rings (SSSR count). The van der Waals surface area contributed by atoms with Crippen LogP contribution in [-0.4, -0.2) is 31.7 Å². The maximum absolute atomic E-state index is 12.2. The standard InChI is InChI=1S/C14H19NO3S2/c1-11(16)12-5-7-14(8-6-12)20(17,18)15-10-13-4-2-3-9-19-13/h5-8,13,15H,2-4,9-10H2,1H3. The Labute approximate surface area is 124 Å². The van der Waals surface area contributed by atoms with Crippen LogP contribution in [0.2, 0.25) is 0 Å². The van der Waals surface area contributed by atoms with Gasteiger partial charge in [0.15, 0.2) is 5.78 Å². The van der Waals surface area contributed by atoms with Crippen molar-refractivity contribution in [3.8, 4) is 0 Å². The molecule has 0 aliphatic carbocycles. The van der Waals surface area contributed by atoms with E-state index in [0.717, 1.165) is 12.2 Å². The van der Waals surface area contributed by atoms with Crippen LogP contribution in [0.3, 0.4) is 0 Å². The normalized spacial score (nSPS) is 19.8. The highest BCUT2D eigenvalue weighted by Crippen LogP contribution is 2.24. The summed E-state index contributed by atoms with van der Waals surface area (Å²) in [5, 5.41) is 0.370. The molecule has 110 valence electrons. The van der Waals surface area contributed by atoms with Crippen molar-refractivity contribution in [3.63, 3.8) is 0 Å². The number of hydrogen-bond donors (Lipinski definition) is 1. The van der Waals surface area contributed by atoms with E-state index in [1.54, 1.807) is 12.1 Å². The van der Waals surface area contributed by atoms with Crippen molar-refractivity contribution in [1.82, 2.24) is 4.72 Å². The summed E-state index contributed by atoms with van der Waals surface area (Å²) in [6.45, 7) is 1.93. The first-order valence-electron chi connectivity index (χ1n) is 6.71. The van der Waals surface area contributed by atoms with Crippen LogP contribution in [0.1, 0.15) is 36.5 Å². The van der Waals surface area contributed by atoms with Crippen molar-refractivity contribution in [3.05, 3.63) is 29.8 Å². The molecule has 1 saturated heterocycles. The van der Waals surface area contributed by atoms with E-state index in [1.165, 1.54) is 31.9 Å². The maximum Gasteiger partial charge on any atom is 0.240 e. The first kappa shape index (κ1) is 15.5. The Bertz CT molecular complexity index is 561. The van der Waals surface area contributed by atoms with Gasteiger partial charge in [-0.25, -0.2) is 13.1 Å². The summed E-state index contributed by atoms with van der Waals surface area (Å²) in [4.78, 5) is 11.4. The van der Waals surface area contributed by atoms with Gasteiger partial charge in [0.2, 0.25) is 10.0 Å². The van der Waals surface area contributed by atoms with Gasteiger partial charge in [-0.3, -0.25) is 4.79 Å². The first-order valence-corrected chi connectivity index (χ1v) is 9.24. The van der Waals surface area contributed by atoms with Gasteiger partial charge in [0.25, 0.3) is 0 Å². The van der Waals surface area contributed by atoms with Gasteiger partial charge >= 0.3 is 0 Å². The van der Waals surface area contributed by atoms with E-state index >= 15 is 0 Å². The highest BCUT2D eigenvalue weighted by atomic mass is 32.2. The molecule has 4 nitrogen and oxygen atoms in total. The number of Topliss-reactive ketones (excluding diaryl/α,β-unsaturated/α-hetero) is 1. The van der Waals surface area contributed by atoms with Crippen LogP contribution < -0.4 is 4.72 Å². The highest BCUT2D eigenvalue weighted by Gasteiger charge is 2.19. The zero-order valence-corrected chi connectivity index (χ0v) is 13.1. The summed E-state index contributed by atoms with van der Waals surface area (Å²) in [5.41, 5.74) is 0.520. The Balaban J connectivity index is 2.00. The summed E-state index contributed by atoms with van der Waals surface area (Å²) in [6.07, 6.45) is 3.46. The van der Waals surface area contributed by atoms with E-state index in [2.05, 4.69) is 4.72 Å². The number of rotatable bonds is 5. The molecule has 1 aliphatic rings. The van der Waals surface area contributed by atoms with E-state index in [0.29, 0.717) is 17.4 Å². The van der Waals surface area contributed by atoms with Gasteiger partial charge in [-0.2, -0.15) is 11.8 Å². The van der Waals surface area contributed by atoms with E-state index < -0.39 is 10.0 Å². The Morgan fingerprint density at radius 2 is 2.00 bits per heavy atom. The molecule has 1 N–H and O–H groups in total. The first-order chi connectivity index (χ1) is 9.49. The quantitative estimate of drug-likeness (QED) is 0.848. The molecule has 1 aliphatic heterocycles. The van der Waals surface area contributed by atoms with Gasteiger partial charge in [0.1, 0.15) is 0 Å². The summed E-state index contributed by atoms with van der Waals surface area (Å²) in [5.74, 6) is 1.04. The van der Waals surface area contributed by atoms with Gasteiger partial charge in [0.05, 0.1) is 4.90 Å². The molecule has 1 heterocycles. The largest absolute Gasteiger partial charge is 0.295 e. The molecule has 0 aromatic heterocycles. The summed E-state index contributed by atoms with van der Waals surface area (Å²) in [6, 6.07) is 6.05. The molecule has 1 fully saturated rings. The van der Waals surface area contributed by atoms with Gasteiger partial charge in [-0.05, 0) is 37.7 Å². The van der Waals surface area contributed by atoms with Gasteiger partial charge in [-0.1, -0.05) is 18.6 Å². The molecule has 0 spiro atoms. The van der Waals surface area contributed by atoms with Crippen LogP contribution >= 0.6 is 11.8 Å². The molecule has 0 amide bonds. The van der Waals surface area contributed by atoms with E-state index in [4.69, 9.17) is 0 Å². The van der Waals surface area contributed by atoms with Crippen LogP contribution in [0, 0.1) is 0 Å². The van der Waals surface area contributed by atoms with Crippen LogP contribution in [-0.2, 0) is 10.0 Å². The fourth-order valence-corrected chi connectivity index (χ4v) is 4.55. The molecule has 0 saturated carbocycles. The van der Waals surface area contributed by atoms with E-state index in [9.17, 15) is 13.2 Å². The maximum atomic E-state index is 12.2. The smallest absolute Gasteiger partial charge is 0.240 e. The number of thioether (sulfide) groups is 1. The lowest BCUT2D eigenvalue weighted by Gasteiger charge is -2.21. The van der Waals surface area contributed by atoms with E-state index in [1.807, 2.05) is 11.8 Å². The van der Waals surface area contributed by atoms with Crippen molar-refractivity contribution in [2.75, 3.05) is 12.3 Å². The Morgan fingerprint density at radius 3 is 2.55 bits per heavy atom. The number of carbonyl (C=O) groups is 1. The lowest BCUT2D eigenvalue weighted by molar-refractivity contribution is 0.101. The zero-order valence-electron chi connectivity index (χ0n) is 11.5. The van der Waals surface area contributed by atoms with Crippen LogP contribution in [0.4, 0.5) is 0 Å². The third kappa shape index (κ3) is 4.07. The predicted octanol–water partition coefficient (Wildman–Crippen LogP) is 2.45. The van der Waals surface area contributed by atoms with Crippen LogP contribution in [0.5, 0.6) is 0 Å². The second-order valence-corrected chi connectivity index (χ2v) is 8.10. The molecule has 0 bridgehead atoms. The lowest BCUT2D eigenvalue weighted by atomic mass is 10.2. The predicted molar refractivity (Wildman–Crippen MR) is 81.7 cm³/mol. The minimum atomic E-state index is -3.48. The second kappa shape index (κ2) is 6.74. The molecule has 20 heavy (non-hydrogen) atoms. The monoisotopic (exact) mass is 313 g/mol. The Kier molecular flexibility index (Phi) is 5.23. The van der Waals surface area contributed by atoms with Crippen molar-refractivity contribution in [2.24, 2.45) is 0 Å². The average Bonchev–Trinajstić information content (AvgIpc) is 2.46. The summed E-state index contributed by atoms with van der Waals surface area (Å²) >= 11 is 1.83. The molecule has 1 aromatic carbocycles. The zero-order chi connectivity index (χ0) is 14.6. The number of sulfonamides is 1. The van der Waals surface area contributed by atoms with Gasteiger partial charge in [0, 0.05) is 17.4 Å². The second-order valence-electron chi connectivity index (χ2n) is 4.92. The average molecular weight is 313 g/mol. The van der Waals surface area contributed by atoms with Gasteiger partial charge < -0.3 is 0 Å². The van der Waals surface area contributed by atoms with Crippen molar-refractivity contribution in [1.29, 1.82) is 0 Å². The minimum absolute atomic E-state index is 0.0690. The van der Waals surface area contributed by atoms with Crippen LogP contribution in [0.15, 0.2) is 29.2 Å². The number of hydrogen-bond acceptors (Lipinski definition) is 4. The number of nitrogens with one attached hydrogen (secondary N) is 1. The van der Waals surface area contributed by atoms with E-state index in [-0.39, 0.29) is 10.7 Å². The molecule has 1 atom stereocenters. The molecule has 1 unspecified atom stereocenters. The van der Waals surface area contributed by atoms with Crippen molar-refractivity contribution < 1.29 is 13.2 Å². The Morgan fingerprint density at radius 1 is 1.30 bits per heavy atom.